The van der Waals surface area contributed by atoms with Gasteiger partial charge in [-0.25, -0.2) is 0 Å². The first-order valence-electron chi connectivity index (χ1n) is 7.47. The van der Waals surface area contributed by atoms with E-state index in [1.54, 1.807) is 0 Å². The zero-order valence-corrected chi connectivity index (χ0v) is 14.6. The van der Waals surface area contributed by atoms with Gasteiger partial charge in [-0.05, 0) is 24.0 Å². The standard InChI is InChI=1S/2C9H10O2.HNO2.2H2O/c2*10-9(11)7-6-8-4-2-1-3-5-8;2-1-3;;/h2*1-5H,6-7H2,(H,10,11);(H,2,3);2*1H2. The van der Waals surface area contributed by atoms with Crippen molar-refractivity contribution in [3.8, 4) is 0 Å². The normalized spacial score (nSPS) is 8.15. The minimum atomic E-state index is -0.742. The van der Waals surface area contributed by atoms with E-state index >= 15 is 0 Å². The molecule has 0 aromatic heterocycles. The fourth-order valence-corrected chi connectivity index (χ4v) is 1.79. The van der Waals surface area contributed by atoms with Crippen molar-refractivity contribution in [2.24, 2.45) is 5.34 Å². The van der Waals surface area contributed by atoms with Gasteiger partial charge in [0.05, 0.1) is 0 Å². The van der Waals surface area contributed by atoms with Gasteiger partial charge >= 0.3 is 11.9 Å². The van der Waals surface area contributed by atoms with Gasteiger partial charge in [-0.1, -0.05) is 60.7 Å². The third-order valence-electron chi connectivity index (χ3n) is 2.94. The lowest BCUT2D eigenvalue weighted by Crippen LogP contribution is -1.96. The molecule has 0 spiro atoms. The SMILES string of the molecule is O.O.O=C(O)CCc1ccccc1.O=C(O)CCc1ccccc1.O=NO. The van der Waals surface area contributed by atoms with Crippen molar-refractivity contribution >= 4 is 11.9 Å². The molecule has 2 rings (SSSR count). The summed E-state index contributed by atoms with van der Waals surface area (Å²) in [4.78, 5) is 28.5. The molecule has 0 saturated carbocycles. The molecule has 0 aliphatic rings. The lowest BCUT2D eigenvalue weighted by Gasteiger charge is -1.95. The number of hydrogen-bond acceptors (Lipinski definition) is 4. The van der Waals surface area contributed by atoms with Crippen LogP contribution >= 0.6 is 0 Å². The van der Waals surface area contributed by atoms with Crippen LogP contribution in [0.4, 0.5) is 0 Å². The molecule has 0 fully saturated rings. The maximum Gasteiger partial charge on any atom is 0.303 e. The largest absolute Gasteiger partial charge is 0.481 e. The predicted octanol–water partition coefficient (Wildman–Crippen LogP) is 1.90. The summed E-state index contributed by atoms with van der Waals surface area (Å²) in [5.74, 6) is -1.48. The van der Waals surface area contributed by atoms with Gasteiger partial charge in [-0.3, -0.25) is 9.59 Å². The van der Waals surface area contributed by atoms with Gasteiger partial charge in [0.1, 0.15) is 0 Å². The van der Waals surface area contributed by atoms with Crippen LogP contribution in [0.3, 0.4) is 0 Å². The van der Waals surface area contributed by atoms with E-state index in [4.69, 9.17) is 20.3 Å². The van der Waals surface area contributed by atoms with E-state index in [2.05, 4.69) is 0 Å². The summed E-state index contributed by atoms with van der Waals surface area (Å²) in [5, 5.41) is 24.6. The molecule has 9 heteroatoms. The first kappa shape index (κ1) is 28.5. The zero-order valence-electron chi connectivity index (χ0n) is 14.6. The van der Waals surface area contributed by atoms with Crippen molar-refractivity contribution in [2.75, 3.05) is 0 Å². The summed E-state index contributed by atoms with van der Waals surface area (Å²) < 4.78 is 0. The molecule has 0 bridgehead atoms. The molecule has 0 radical (unpaired) electrons. The molecule has 7 N–H and O–H groups in total. The fraction of sp³-hybridized carbons (Fsp3) is 0.222. The number of hydrogen-bond donors (Lipinski definition) is 3. The Kier molecular flexibility index (Phi) is 20.1. The van der Waals surface area contributed by atoms with Crippen LogP contribution in [0.15, 0.2) is 66.0 Å². The van der Waals surface area contributed by atoms with Gasteiger partial charge in [-0.2, -0.15) is 0 Å². The molecular formula is C18H25NO8. The monoisotopic (exact) mass is 383 g/mol. The van der Waals surface area contributed by atoms with Crippen LogP contribution in [-0.4, -0.2) is 38.3 Å². The van der Waals surface area contributed by atoms with Crippen LogP contribution in [-0.2, 0) is 22.4 Å². The molecule has 150 valence electrons. The quantitative estimate of drug-likeness (QED) is 0.504. The Hall–Kier alpha value is -3.30. The Balaban J connectivity index is -0.000000350. The number of nitrogens with zero attached hydrogens (tertiary/aromatic N) is 1. The second kappa shape index (κ2) is 19.0. The number of benzene rings is 2. The van der Waals surface area contributed by atoms with E-state index in [-0.39, 0.29) is 23.8 Å². The summed E-state index contributed by atoms with van der Waals surface area (Å²) in [5.41, 5.74) is 2.16. The predicted molar refractivity (Wildman–Crippen MR) is 99.6 cm³/mol. The van der Waals surface area contributed by atoms with Gasteiger partial charge in [0.2, 0.25) is 0 Å². The molecule has 9 nitrogen and oxygen atoms in total. The van der Waals surface area contributed by atoms with Crippen LogP contribution in [0.1, 0.15) is 24.0 Å². The van der Waals surface area contributed by atoms with E-state index in [1.165, 1.54) is 5.34 Å². The molecule has 0 atom stereocenters. The Morgan fingerprint density at radius 2 is 0.963 bits per heavy atom. The summed E-state index contributed by atoms with van der Waals surface area (Å²) in [7, 11) is 0. The van der Waals surface area contributed by atoms with E-state index in [0.717, 1.165) is 11.1 Å². The Bertz CT molecular complexity index is 566. The average molecular weight is 383 g/mol. The third kappa shape index (κ3) is 18.9. The second-order valence-electron chi connectivity index (χ2n) is 4.84. The smallest absolute Gasteiger partial charge is 0.303 e. The van der Waals surface area contributed by atoms with Crippen molar-refractivity contribution < 1.29 is 36.0 Å². The highest BCUT2D eigenvalue weighted by molar-refractivity contribution is 5.67. The maximum atomic E-state index is 10.2. The third-order valence-corrected chi connectivity index (χ3v) is 2.94. The topological polar surface area (TPSA) is 187 Å². The van der Waals surface area contributed by atoms with Gasteiger partial charge in [0.15, 0.2) is 5.34 Å². The van der Waals surface area contributed by atoms with E-state index in [9.17, 15) is 9.59 Å². The van der Waals surface area contributed by atoms with E-state index in [1.807, 2.05) is 60.7 Å². The molecule has 0 amide bonds. The fourth-order valence-electron chi connectivity index (χ4n) is 1.79. The summed E-state index contributed by atoms with van der Waals surface area (Å²) in [6, 6.07) is 19.2. The Labute approximate surface area is 156 Å². The van der Waals surface area contributed by atoms with Crippen LogP contribution in [0.2, 0.25) is 0 Å². The first-order chi connectivity index (χ1) is 12.0. The number of rotatable bonds is 6. The zero-order chi connectivity index (χ0) is 18.9. The van der Waals surface area contributed by atoms with E-state index < -0.39 is 11.9 Å². The second-order valence-corrected chi connectivity index (χ2v) is 4.84. The van der Waals surface area contributed by atoms with Crippen LogP contribution < -0.4 is 0 Å². The molecule has 0 aliphatic heterocycles. The number of aliphatic carboxylic acids is 2. The molecule has 0 unspecified atom stereocenters. The van der Waals surface area contributed by atoms with Gasteiger partial charge in [0, 0.05) is 12.8 Å². The van der Waals surface area contributed by atoms with Crippen LogP contribution in [0.25, 0.3) is 0 Å². The summed E-state index contributed by atoms with van der Waals surface area (Å²) >= 11 is 0. The minimum Gasteiger partial charge on any atom is -0.481 e. The molecule has 2 aromatic rings. The van der Waals surface area contributed by atoms with Crippen LogP contribution in [0, 0.1) is 4.91 Å². The highest BCUT2D eigenvalue weighted by Gasteiger charge is 1.97. The highest BCUT2D eigenvalue weighted by Crippen LogP contribution is 2.02. The summed E-state index contributed by atoms with van der Waals surface area (Å²) in [6.07, 6.45) is 1.67. The molecule has 0 aliphatic carbocycles. The van der Waals surface area contributed by atoms with Gasteiger partial charge in [0.25, 0.3) is 0 Å². The Morgan fingerprint density at radius 1 is 0.704 bits per heavy atom. The van der Waals surface area contributed by atoms with Crippen molar-refractivity contribution in [3.05, 3.63) is 76.7 Å². The molecule has 2 aromatic carbocycles. The van der Waals surface area contributed by atoms with Crippen molar-refractivity contribution in [2.45, 2.75) is 25.7 Å². The average Bonchev–Trinajstić information content (AvgIpc) is 2.61. The Morgan fingerprint density at radius 3 is 1.19 bits per heavy atom. The van der Waals surface area contributed by atoms with Gasteiger partial charge in [-0.15, -0.1) is 4.91 Å². The maximum absolute atomic E-state index is 10.2. The molecule has 27 heavy (non-hydrogen) atoms. The number of carboxylic acids is 2. The summed E-state index contributed by atoms with van der Waals surface area (Å²) in [6.45, 7) is 0. The van der Waals surface area contributed by atoms with Crippen molar-refractivity contribution in [1.82, 2.24) is 0 Å². The molecular weight excluding hydrogens is 358 g/mol. The molecule has 0 saturated heterocycles. The lowest BCUT2D eigenvalue weighted by molar-refractivity contribution is -0.138. The highest BCUT2D eigenvalue weighted by atomic mass is 16.6. The lowest BCUT2D eigenvalue weighted by atomic mass is 10.1. The number of carbonyl (C=O) groups is 2. The minimum absolute atomic E-state index is 0. The van der Waals surface area contributed by atoms with E-state index in [0.29, 0.717) is 12.8 Å². The number of carboxylic acid groups (broad SMARTS) is 2. The molecule has 0 heterocycles. The van der Waals surface area contributed by atoms with Crippen molar-refractivity contribution in [3.63, 3.8) is 0 Å². The first-order valence-corrected chi connectivity index (χ1v) is 7.47. The van der Waals surface area contributed by atoms with Crippen LogP contribution in [0.5, 0.6) is 0 Å². The van der Waals surface area contributed by atoms with Crippen molar-refractivity contribution in [1.29, 1.82) is 0 Å². The van der Waals surface area contributed by atoms with Gasteiger partial charge < -0.3 is 26.4 Å². The number of aryl methyl sites for hydroxylation is 2.